The van der Waals surface area contributed by atoms with Crippen LogP contribution in [-0.4, -0.2) is 31.1 Å². The molecule has 118 valence electrons. The Bertz CT molecular complexity index is 524. The quantitative estimate of drug-likeness (QED) is 0.872. The molecule has 1 aromatic rings. The maximum Gasteiger partial charge on any atom is 0.184 e. The second-order valence-electron chi connectivity index (χ2n) is 6.72. The summed E-state index contributed by atoms with van der Waals surface area (Å²) in [4.78, 5) is 12.8. The van der Waals surface area contributed by atoms with Crippen LogP contribution in [0.15, 0.2) is 24.3 Å². The van der Waals surface area contributed by atoms with Crippen LogP contribution in [0.5, 0.6) is 0 Å². The van der Waals surface area contributed by atoms with Gasteiger partial charge in [-0.15, -0.1) is 0 Å². The van der Waals surface area contributed by atoms with Crippen LogP contribution >= 0.6 is 0 Å². The van der Waals surface area contributed by atoms with Crippen molar-refractivity contribution in [2.45, 2.75) is 50.5 Å². The van der Waals surface area contributed by atoms with Crippen LogP contribution < -0.4 is 5.32 Å². The van der Waals surface area contributed by atoms with Gasteiger partial charge in [-0.2, -0.15) is 0 Å². The van der Waals surface area contributed by atoms with Gasteiger partial charge in [-0.05, 0) is 25.7 Å². The van der Waals surface area contributed by atoms with Crippen molar-refractivity contribution in [1.82, 2.24) is 5.32 Å². The molecule has 2 bridgehead atoms. The van der Waals surface area contributed by atoms with Crippen molar-refractivity contribution in [3.63, 3.8) is 0 Å². The first-order chi connectivity index (χ1) is 10.8. The highest BCUT2D eigenvalue weighted by molar-refractivity contribution is 5.98. The molecule has 1 aromatic carbocycles. The van der Waals surface area contributed by atoms with E-state index in [1.807, 2.05) is 24.3 Å². The molecule has 4 heteroatoms. The second kappa shape index (κ2) is 6.11. The van der Waals surface area contributed by atoms with Gasteiger partial charge in [-0.25, -0.2) is 0 Å². The Morgan fingerprint density at radius 3 is 2.27 bits per heavy atom. The van der Waals surface area contributed by atoms with Gasteiger partial charge in [-0.3, -0.25) is 4.79 Å². The number of carbonyl (C=O) groups is 1. The monoisotopic (exact) mass is 301 g/mol. The Labute approximate surface area is 131 Å². The van der Waals surface area contributed by atoms with Crippen molar-refractivity contribution in [3.05, 3.63) is 35.4 Å². The fourth-order valence-corrected chi connectivity index (χ4v) is 4.07. The van der Waals surface area contributed by atoms with Crippen LogP contribution in [0, 0.1) is 5.92 Å². The molecule has 3 heterocycles. The minimum Gasteiger partial charge on any atom is -0.346 e. The first-order valence-corrected chi connectivity index (χ1v) is 8.43. The molecule has 3 saturated heterocycles. The highest BCUT2D eigenvalue weighted by atomic mass is 16.7. The number of ether oxygens (including phenoxy) is 2. The fourth-order valence-electron chi connectivity index (χ4n) is 4.07. The smallest absolute Gasteiger partial charge is 0.184 e. The summed E-state index contributed by atoms with van der Waals surface area (Å²) < 4.78 is 11.0. The van der Waals surface area contributed by atoms with Crippen molar-refractivity contribution in [1.29, 1.82) is 0 Å². The maximum absolute atomic E-state index is 12.8. The van der Waals surface area contributed by atoms with Gasteiger partial charge in [-0.1, -0.05) is 30.7 Å². The van der Waals surface area contributed by atoms with Crippen LogP contribution in [0.4, 0.5) is 0 Å². The largest absolute Gasteiger partial charge is 0.346 e. The first kappa shape index (κ1) is 14.4. The lowest BCUT2D eigenvalue weighted by Gasteiger charge is -2.39. The maximum atomic E-state index is 12.8. The summed E-state index contributed by atoms with van der Waals surface area (Å²) in [7, 11) is 0. The number of fused-ring (bicyclic) bond motifs is 2. The normalized spacial score (nSPS) is 32.1. The van der Waals surface area contributed by atoms with Gasteiger partial charge in [0, 0.05) is 29.1 Å². The Morgan fingerprint density at radius 2 is 1.64 bits per heavy atom. The molecular weight excluding hydrogens is 278 g/mol. The molecule has 2 unspecified atom stereocenters. The Morgan fingerprint density at radius 1 is 1.00 bits per heavy atom. The number of piperidine rings is 2. The molecule has 0 radical (unpaired) electrons. The van der Waals surface area contributed by atoms with Crippen LogP contribution in [-0.2, 0) is 9.47 Å². The van der Waals surface area contributed by atoms with E-state index in [1.165, 1.54) is 19.3 Å². The zero-order valence-electron chi connectivity index (χ0n) is 12.8. The van der Waals surface area contributed by atoms with Gasteiger partial charge in [0.1, 0.15) is 0 Å². The number of rotatable bonds is 3. The van der Waals surface area contributed by atoms with E-state index >= 15 is 0 Å². The third-order valence-electron chi connectivity index (χ3n) is 5.17. The second-order valence-corrected chi connectivity index (χ2v) is 6.72. The molecular formula is C18H23NO3. The molecule has 22 heavy (non-hydrogen) atoms. The molecule has 3 aliphatic heterocycles. The highest BCUT2D eigenvalue weighted by Crippen LogP contribution is 2.32. The highest BCUT2D eigenvalue weighted by Gasteiger charge is 2.34. The van der Waals surface area contributed by atoms with Crippen molar-refractivity contribution in [3.8, 4) is 0 Å². The lowest BCUT2D eigenvalue weighted by atomic mass is 9.77. The van der Waals surface area contributed by atoms with E-state index < -0.39 is 0 Å². The van der Waals surface area contributed by atoms with E-state index in [2.05, 4.69) is 5.32 Å². The zero-order chi connectivity index (χ0) is 14.9. The van der Waals surface area contributed by atoms with Gasteiger partial charge in [0.05, 0.1) is 13.2 Å². The first-order valence-electron chi connectivity index (χ1n) is 8.43. The average molecular weight is 301 g/mol. The summed E-state index contributed by atoms with van der Waals surface area (Å²) in [5.41, 5.74) is 1.82. The summed E-state index contributed by atoms with van der Waals surface area (Å²) in [6.45, 7) is 1.28. The average Bonchev–Trinajstić information content (AvgIpc) is 3.08. The SMILES string of the molecule is O=C(c1ccc(C2OCCO2)cc1)C1CC2CCCC(C1)N2. The molecule has 0 saturated carbocycles. The van der Waals surface area contributed by atoms with E-state index in [0.29, 0.717) is 31.1 Å². The predicted molar refractivity (Wildman–Crippen MR) is 82.7 cm³/mol. The number of ketones is 1. The predicted octanol–water partition coefficient (Wildman–Crippen LogP) is 2.84. The van der Waals surface area contributed by atoms with Gasteiger partial charge in [0.15, 0.2) is 12.1 Å². The Hall–Kier alpha value is -1.23. The van der Waals surface area contributed by atoms with E-state index in [-0.39, 0.29) is 12.2 Å². The topological polar surface area (TPSA) is 47.6 Å². The standard InChI is InChI=1S/C18H23NO3/c20-17(14-10-15-2-1-3-16(11-14)19-15)12-4-6-13(7-5-12)18-21-8-9-22-18/h4-7,14-16,18-19H,1-3,8-11H2. The zero-order valence-corrected chi connectivity index (χ0v) is 12.8. The number of hydrogen-bond acceptors (Lipinski definition) is 4. The third-order valence-corrected chi connectivity index (χ3v) is 5.17. The molecule has 3 aliphatic rings. The molecule has 0 aliphatic carbocycles. The summed E-state index contributed by atoms with van der Waals surface area (Å²) >= 11 is 0. The third kappa shape index (κ3) is 2.83. The lowest BCUT2D eigenvalue weighted by Crippen LogP contribution is -2.50. The molecule has 0 amide bonds. The minimum absolute atomic E-state index is 0.182. The molecule has 4 nitrogen and oxygen atoms in total. The van der Waals surface area contributed by atoms with Crippen LogP contribution in [0.3, 0.4) is 0 Å². The molecule has 0 aromatic heterocycles. The lowest BCUT2D eigenvalue weighted by molar-refractivity contribution is -0.0441. The van der Waals surface area contributed by atoms with Gasteiger partial charge in [0.2, 0.25) is 0 Å². The number of Topliss-reactive ketones (excluding diaryl/α,β-unsaturated/α-hetero) is 1. The molecule has 1 N–H and O–H groups in total. The molecule has 0 spiro atoms. The Kier molecular flexibility index (Phi) is 3.99. The number of hydrogen-bond donors (Lipinski definition) is 1. The minimum atomic E-state index is -0.262. The van der Waals surface area contributed by atoms with Gasteiger partial charge < -0.3 is 14.8 Å². The number of nitrogens with one attached hydrogen (secondary N) is 1. The van der Waals surface area contributed by atoms with Gasteiger partial charge >= 0.3 is 0 Å². The molecule has 3 fully saturated rings. The van der Waals surface area contributed by atoms with E-state index in [4.69, 9.17) is 9.47 Å². The Balaban J connectivity index is 1.45. The van der Waals surface area contributed by atoms with Crippen LogP contribution in [0.1, 0.15) is 54.3 Å². The van der Waals surface area contributed by atoms with Crippen molar-refractivity contribution >= 4 is 5.78 Å². The summed E-state index contributed by atoms with van der Waals surface area (Å²) in [5, 5.41) is 3.65. The fraction of sp³-hybridized carbons (Fsp3) is 0.611. The van der Waals surface area contributed by atoms with Crippen molar-refractivity contribution in [2.24, 2.45) is 5.92 Å². The van der Waals surface area contributed by atoms with Crippen LogP contribution in [0.25, 0.3) is 0 Å². The van der Waals surface area contributed by atoms with Gasteiger partial charge in [0.25, 0.3) is 0 Å². The molecule has 2 atom stereocenters. The molecule has 4 rings (SSSR count). The van der Waals surface area contributed by atoms with Crippen molar-refractivity contribution < 1.29 is 14.3 Å². The summed E-state index contributed by atoms with van der Waals surface area (Å²) in [5.74, 6) is 0.486. The summed E-state index contributed by atoms with van der Waals surface area (Å²) in [6.07, 6.45) is 5.46. The van der Waals surface area contributed by atoms with E-state index in [9.17, 15) is 4.79 Å². The van der Waals surface area contributed by atoms with Crippen LogP contribution in [0.2, 0.25) is 0 Å². The number of benzene rings is 1. The summed E-state index contributed by atoms with van der Waals surface area (Å²) in [6, 6.07) is 8.87. The van der Waals surface area contributed by atoms with E-state index in [0.717, 1.165) is 24.0 Å². The van der Waals surface area contributed by atoms with Crippen molar-refractivity contribution in [2.75, 3.05) is 13.2 Å². The van der Waals surface area contributed by atoms with E-state index in [1.54, 1.807) is 0 Å². The number of carbonyl (C=O) groups excluding carboxylic acids is 1.